The topological polar surface area (TPSA) is 43.8 Å². The summed E-state index contributed by atoms with van der Waals surface area (Å²) < 4.78 is 0. The minimum atomic E-state index is -0.639. The molecule has 0 aromatic heterocycles. The van der Waals surface area contributed by atoms with E-state index in [2.05, 4.69) is 9.80 Å². The second kappa shape index (κ2) is 5.80. The Morgan fingerprint density at radius 2 is 1.74 bits per heavy atom. The number of piperidine rings is 4. The fourth-order valence-electron chi connectivity index (χ4n) is 4.25. The Hall–Kier alpha value is -0.610. The van der Waals surface area contributed by atoms with E-state index in [9.17, 15) is 4.79 Å². The Morgan fingerprint density at radius 3 is 2.26 bits per heavy atom. The molecule has 0 radical (unpaired) electrons. The highest BCUT2D eigenvalue weighted by Gasteiger charge is 2.38. The molecule has 2 bridgehead atoms. The Morgan fingerprint density at radius 1 is 1.05 bits per heavy atom. The molecule has 1 N–H and O–H groups in total. The van der Waals surface area contributed by atoms with Gasteiger partial charge in [-0.25, -0.2) is 0 Å². The van der Waals surface area contributed by atoms with Crippen molar-refractivity contribution >= 4 is 5.97 Å². The molecule has 1 atom stereocenters. The number of aliphatic carboxylic acids is 1. The molecule has 0 amide bonds. The van der Waals surface area contributed by atoms with Gasteiger partial charge in [0.15, 0.2) is 0 Å². The number of carboxylic acids is 1. The van der Waals surface area contributed by atoms with Gasteiger partial charge in [-0.3, -0.25) is 9.69 Å². The van der Waals surface area contributed by atoms with Crippen LogP contribution in [0.4, 0.5) is 0 Å². The van der Waals surface area contributed by atoms with E-state index in [4.69, 9.17) is 5.11 Å². The summed E-state index contributed by atoms with van der Waals surface area (Å²) in [6.07, 6.45) is 6.42. The molecule has 4 fully saturated rings. The summed E-state index contributed by atoms with van der Waals surface area (Å²) in [5.74, 6) is 0.939. The first kappa shape index (κ1) is 13.4. The van der Waals surface area contributed by atoms with Crippen LogP contribution in [0.3, 0.4) is 0 Å². The smallest absolute Gasteiger partial charge is 0.303 e. The quantitative estimate of drug-likeness (QED) is 0.840. The minimum absolute atomic E-state index is 0.352. The van der Waals surface area contributed by atoms with E-state index < -0.39 is 5.97 Å². The van der Waals surface area contributed by atoms with Gasteiger partial charge in [-0.1, -0.05) is 0 Å². The normalized spacial score (nSPS) is 36.5. The van der Waals surface area contributed by atoms with Crippen molar-refractivity contribution < 1.29 is 9.90 Å². The average Bonchev–Trinajstić information content (AvgIpc) is 2.47. The molecule has 4 aliphatic rings. The highest BCUT2D eigenvalue weighted by molar-refractivity contribution is 5.66. The van der Waals surface area contributed by atoms with Gasteiger partial charge in [0.1, 0.15) is 0 Å². The van der Waals surface area contributed by atoms with Crippen molar-refractivity contribution in [2.45, 2.75) is 44.6 Å². The van der Waals surface area contributed by atoms with E-state index in [1.54, 1.807) is 0 Å². The third-order valence-corrected chi connectivity index (χ3v) is 5.51. The lowest BCUT2D eigenvalue weighted by molar-refractivity contribution is -0.137. The van der Waals surface area contributed by atoms with Crippen molar-refractivity contribution in [1.82, 2.24) is 9.80 Å². The number of hydrogen-bond acceptors (Lipinski definition) is 3. The van der Waals surface area contributed by atoms with E-state index in [-0.39, 0.29) is 0 Å². The second-order valence-corrected chi connectivity index (χ2v) is 6.62. The van der Waals surface area contributed by atoms with Crippen LogP contribution in [0.5, 0.6) is 0 Å². The summed E-state index contributed by atoms with van der Waals surface area (Å²) in [5, 5.41) is 8.76. The molecule has 0 aliphatic carbocycles. The second-order valence-electron chi connectivity index (χ2n) is 6.62. The lowest BCUT2D eigenvalue weighted by atomic mass is 9.81. The maximum atomic E-state index is 10.6. The third-order valence-electron chi connectivity index (χ3n) is 5.51. The van der Waals surface area contributed by atoms with E-state index in [1.165, 1.54) is 58.4 Å². The van der Waals surface area contributed by atoms with Crippen molar-refractivity contribution in [2.75, 3.05) is 32.7 Å². The van der Waals surface area contributed by atoms with E-state index in [0.717, 1.165) is 18.4 Å². The summed E-state index contributed by atoms with van der Waals surface area (Å²) in [7, 11) is 0. The Kier molecular flexibility index (Phi) is 4.08. The zero-order valence-corrected chi connectivity index (χ0v) is 11.8. The molecule has 4 aliphatic heterocycles. The molecule has 4 nitrogen and oxygen atoms in total. The van der Waals surface area contributed by atoms with Gasteiger partial charge in [0.2, 0.25) is 0 Å². The summed E-state index contributed by atoms with van der Waals surface area (Å²) in [4.78, 5) is 16.0. The van der Waals surface area contributed by atoms with Crippen LogP contribution in [-0.4, -0.2) is 59.6 Å². The van der Waals surface area contributed by atoms with Crippen molar-refractivity contribution in [3.8, 4) is 0 Å². The van der Waals surface area contributed by atoms with Gasteiger partial charge in [0, 0.05) is 19.0 Å². The summed E-state index contributed by atoms with van der Waals surface area (Å²) in [5.41, 5.74) is 0. The molecular weight excluding hydrogens is 240 g/mol. The molecule has 1 unspecified atom stereocenters. The number of rotatable bonds is 4. The monoisotopic (exact) mass is 266 g/mol. The van der Waals surface area contributed by atoms with Crippen LogP contribution < -0.4 is 0 Å². The first-order chi connectivity index (χ1) is 9.22. The van der Waals surface area contributed by atoms with Gasteiger partial charge in [-0.15, -0.1) is 0 Å². The van der Waals surface area contributed by atoms with Crippen LogP contribution in [0.2, 0.25) is 0 Å². The van der Waals surface area contributed by atoms with Crippen molar-refractivity contribution in [3.05, 3.63) is 0 Å². The SMILES string of the molecule is O=C(O)CCC1CCN(C2CN3CCC2CC3)CC1. The van der Waals surface area contributed by atoms with Crippen LogP contribution in [0, 0.1) is 11.8 Å². The first-order valence-electron chi connectivity index (χ1n) is 7.90. The van der Waals surface area contributed by atoms with Crippen LogP contribution in [0.15, 0.2) is 0 Å². The number of carbonyl (C=O) groups is 1. The predicted octanol–water partition coefficient (Wildman–Crippen LogP) is 1.66. The summed E-state index contributed by atoms with van der Waals surface area (Å²) in [6, 6.07) is 0.794. The predicted molar refractivity (Wildman–Crippen MR) is 74.1 cm³/mol. The van der Waals surface area contributed by atoms with Gasteiger partial charge < -0.3 is 10.0 Å². The Balaban J connectivity index is 1.46. The van der Waals surface area contributed by atoms with Crippen molar-refractivity contribution in [1.29, 1.82) is 0 Å². The fraction of sp³-hybridized carbons (Fsp3) is 0.933. The fourth-order valence-corrected chi connectivity index (χ4v) is 4.25. The summed E-state index contributed by atoms with van der Waals surface area (Å²) in [6.45, 7) is 6.30. The zero-order valence-electron chi connectivity index (χ0n) is 11.8. The van der Waals surface area contributed by atoms with Crippen LogP contribution >= 0.6 is 0 Å². The standard InChI is InChI=1S/C15H26N2O2/c18-15(19)2-1-12-3-9-17(10-4-12)14-11-16-7-5-13(14)6-8-16/h12-14H,1-11H2,(H,18,19). The number of nitrogens with zero attached hydrogens (tertiary/aromatic N) is 2. The maximum absolute atomic E-state index is 10.6. The van der Waals surface area contributed by atoms with Crippen LogP contribution in [0.25, 0.3) is 0 Å². The first-order valence-corrected chi connectivity index (χ1v) is 7.90. The number of hydrogen-bond donors (Lipinski definition) is 1. The van der Waals surface area contributed by atoms with Crippen LogP contribution in [0.1, 0.15) is 38.5 Å². The molecule has 0 aromatic rings. The van der Waals surface area contributed by atoms with E-state index >= 15 is 0 Å². The molecular formula is C15H26N2O2. The molecule has 108 valence electrons. The Labute approximate surface area is 115 Å². The highest BCUT2D eigenvalue weighted by Crippen LogP contribution is 2.33. The van der Waals surface area contributed by atoms with Gasteiger partial charge >= 0.3 is 5.97 Å². The molecule has 4 rings (SSSR count). The molecule has 4 saturated heterocycles. The van der Waals surface area contributed by atoms with Gasteiger partial charge in [0.05, 0.1) is 0 Å². The van der Waals surface area contributed by atoms with Crippen molar-refractivity contribution in [2.24, 2.45) is 11.8 Å². The van der Waals surface area contributed by atoms with Crippen LogP contribution in [-0.2, 0) is 4.79 Å². The van der Waals surface area contributed by atoms with Gasteiger partial charge in [0.25, 0.3) is 0 Å². The number of carboxylic acid groups (broad SMARTS) is 1. The molecule has 0 aromatic carbocycles. The minimum Gasteiger partial charge on any atom is -0.481 e. The lowest BCUT2D eigenvalue weighted by Crippen LogP contribution is -2.58. The number of fused-ring (bicyclic) bond motifs is 3. The largest absolute Gasteiger partial charge is 0.481 e. The average molecular weight is 266 g/mol. The molecule has 0 saturated carbocycles. The maximum Gasteiger partial charge on any atom is 0.303 e. The lowest BCUT2D eigenvalue weighted by Gasteiger charge is -2.50. The third kappa shape index (κ3) is 3.11. The molecule has 4 heteroatoms. The van der Waals surface area contributed by atoms with Gasteiger partial charge in [-0.05, 0) is 70.1 Å². The molecule has 0 spiro atoms. The number of likely N-dealkylation sites (tertiary alicyclic amines) is 1. The zero-order chi connectivity index (χ0) is 13.2. The van der Waals surface area contributed by atoms with Crippen molar-refractivity contribution in [3.63, 3.8) is 0 Å². The molecule has 4 heterocycles. The summed E-state index contributed by atoms with van der Waals surface area (Å²) >= 11 is 0. The Bertz CT molecular complexity index is 318. The van der Waals surface area contributed by atoms with Gasteiger partial charge in [-0.2, -0.15) is 0 Å². The molecule has 19 heavy (non-hydrogen) atoms. The highest BCUT2D eigenvalue weighted by atomic mass is 16.4. The van der Waals surface area contributed by atoms with E-state index in [1.807, 2.05) is 0 Å². The van der Waals surface area contributed by atoms with E-state index in [0.29, 0.717) is 12.3 Å².